The van der Waals surface area contributed by atoms with Crippen molar-refractivity contribution in [2.45, 2.75) is 16.8 Å². The molecule has 11 heteroatoms. The molecule has 0 saturated carbocycles. The summed E-state index contributed by atoms with van der Waals surface area (Å²) in [5, 5.41) is 7.64. The van der Waals surface area contributed by atoms with E-state index in [0.29, 0.717) is 11.3 Å². The topological polar surface area (TPSA) is 106 Å². The predicted octanol–water partition coefficient (Wildman–Crippen LogP) is 4.04. The molecule has 152 valence electrons. The van der Waals surface area contributed by atoms with Crippen molar-refractivity contribution in [1.29, 1.82) is 0 Å². The van der Waals surface area contributed by atoms with Crippen LogP contribution < -0.4 is 4.72 Å². The van der Waals surface area contributed by atoms with E-state index in [2.05, 4.69) is 14.9 Å². The molecule has 0 radical (unpaired) electrons. The molecule has 1 aromatic heterocycles. The fraction of sp³-hybridized carbons (Fsp3) is 0.111. The number of hydrogen-bond acceptors (Lipinski definition) is 6. The van der Waals surface area contributed by atoms with Gasteiger partial charge in [0.15, 0.2) is 14.9 Å². The third-order valence-electron chi connectivity index (χ3n) is 3.95. The Kier molecular flexibility index (Phi) is 6.13. The summed E-state index contributed by atoms with van der Waals surface area (Å²) >= 11 is 11.9. The van der Waals surface area contributed by atoms with Crippen molar-refractivity contribution in [1.82, 2.24) is 10.2 Å². The van der Waals surface area contributed by atoms with Crippen LogP contribution in [-0.4, -0.2) is 32.8 Å². The smallest absolute Gasteiger partial charge is 0.263 e. The third kappa shape index (κ3) is 4.69. The van der Waals surface area contributed by atoms with Crippen LogP contribution in [0.1, 0.15) is 6.92 Å². The first-order valence-corrected chi connectivity index (χ1v) is 12.2. The molecule has 0 amide bonds. The molecule has 2 aromatic carbocycles. The second-order valence-electron chi connectivity index (χ2n) is 5.90. The van der Waals surface area contributed by atoms with Gasteiger partial charge in [-0.2, -0.15) is 0 Å². The van der Waals surface area contributed by atoms with Gasteiger partial charge in [-0.05, 0) is 36.4 Å². The van der Waals surface area contributed by atoms with Gasteiger partial charge in [-0.25, -0.2) is 16.8 Å². The van der Waals surface area contributed by atoms with Crippen LogP contribution in [0.25, 0.3) is 11.3 Å². The first-order chi connectivity index (χ1) is 13.6. The molecule has 0 aliphatic carbocycles. The normalized spacial score (nSPS) is 12.0. The average Bonchev–Trinajstić information content (AvgIpc) is 2.70. The summed E-state index contributed by atoms with van der Waals surface area (Å²) in [6, 6.07) is 13.6. The van der Waals surface area contributed by atoms with Crippen molar-refractivity contribution in [2.24, 2.45) is 0 Å². The molecule has 3 rings (SSSR count). The number of halogens is 2. The first-order valence-electron chi connectivity index (χ1n) is 8.28. The van der Waals surface area contributed by atoms with E-state index in [4.69, 9.17) is 23.2 Å². The molecule has 3 aromatic rings. The van der Waals surface area contributed by atoms with Crippen LogP contribution in [-0.2, 0) is 19.9 Å². The third-order valence-corrected chi connectivity index (χ3v) is 7.92. The quantitative estimate of drug-likeness (QED) is 0.581. The lowest BCUT2D eigenvalue weighted by Crippen LogP contribution is -2.13. The molecule has 0 unspecified atom stereocenters. The van der Waals surface area contributed by atoms with Gasteiger partial charge in [0.25, 0.3) is 10.0 Å². The maximum atomic E-state index is 12.7. The highest BCUT2D eigenvalue weighted by atomic mass is 35.5. The molecule has 0 aliphatic rings. The SMILES string of the molecule is CCS(=O)(=O)c1ccc(-c2cccc(NS(=O)(=O)c3cccc(Cl)c3Cl)c2)nn1. The second kappa shape index (κ2) is 8.27. The second-order valence-corrected chi connectivity index (χ2v) is 10.6. The Hall–Kier alpha value is -2.20. The molecule has 1 heterocycles. The largest absolute Gasteiger partial charge is 0.280 e. The lowest BCUT2D eigenvalue weighted by atomic mass is 10.1. The van der Waals surface area contributed by atoms with Crippen molar-refractivity contribution in [2.75, 3.05) is 10.5 Å². The number of sulfonamides is 1. The molecular weight excluding hydrogens is 457 g/mol. The number of rotatable bonds is 6. The minimum atomic E-state index is -3.98. The Bertz CT molecular complexity index is 1260. The molecule has 0 atom stereocenters. The van der Waals surface area contributed by atoms with Gasteiger partial charge in [-0.3, -0.25) is 4.72 Å². The van der Waals surface area contributed by atoms with Crippen LogP contribution in [0.4, 0.5) is 5.69 Å². The Morgan fingerprint density at radius 3 is 2.31 bits per heavy atom. The summed E-state index contributed by atoms with van der Waals surface area (Å²) in [7, 11) is -7.43. The molecule has 0 spiro atoms. The van der Waals surface area contributed by atoms with Gasteiger partial charge in [-0.1, -0.05) is 48.3 Å². The highest BCUT2D eigenvalue weighted by molar-refractivity contribution is 7.93. The average molecular weight is 472 g/mol. The van der Waals surface area contributed by atoms with Gasteiger partial charge in [-0.15, -0.1) is 10.2 Å². The monoisotopic (exact) mass is 471 g/mol. The molecule has 0 bridgehead atoms. The highest BCUT2D eigenvalue weighted by Crippen LogP contribution is 2.30. The van der Waals surface area contributed by atoms with Crippen molar-refractivity contribution in [3.05, 3.63) is 64.6 Å². The molecule has 0 saturated heterocycles. The highest BCUT2D eigenvalue weighted by Gasteiger charge is 2.20. The van der Waals surface area contributed by atoms with E-state index in [-0.39, 0.29) is 31.4 Å². The van der Waals surface area contributed by atoms with Gasteiger partial charge in [0.1, 0.15) is 4.90 Å². The van der Waals surface area contributed by atoms with E-state index in [1.54, 1.807) is 24.3 Å². The summed E-state index contributed by atoms with van der Waals surface area (Å²) in [4.78, 5) is -0.147. The van der Waals surface area contributed by atoms with E-state index >= 15 is 0 Å². The summed E-state index contributed by atoms with van der Waals surface area (Å²) < 4.78 is 51.5. The summed E-state index contributed by atoms with van der Waals surface area (Å²) in [5.41, 5.74) is 1.21. The molecule has 7 nitrogen and oxygen atoms in total. The van der Waals surface area contributed by atoms with Crippen molar-refractivity contribution in [3.63, 3.8) is 0 Å². The van der Waals surface area contributed by atoms with E-state index in [9.17, 15) is 16.8 Å². The number of hydrogen-bond donors (Lipinski definition) is 1. The minimum absolute atomic E-state index is 0.0728. The number of anilines is 1. The van der Waals surface area contributed by atoms with Gasteiger partial charge >= 0.3 is 0 Å². The zero-order valence-electron chi connectivity index (χ0n) is 15.0. The molecule has 1 N–H and O–H groups in total. The zero-order valence-corrected chi connectivity index (χ0v) is 18.1. The van der Waals surface area contributed by atoms with Crippen LogP contribution in [0.2, 0.25) is 10.0 Å². The maximum absolute atomic E-state index is 12.7. The van der Waals surface area contributed by atoms with Crippen LogP contribution in [0.5, 0.6) is 0 Å². The molecule has 0 aliphatic heterocycles. The maximum Gasteiger partial charge on any atom is 0.263 e. The number of nitrogens with one attached hydrogen (secondary N) is 1. The lowest BCUT2D eigenvalue weighted by Gasteiger charge is -2.11. The van der Waals surface area contributed by atoms with Gasteiger partial charge < -0.3 is 0 Å². The van der Waals surface area contributed by atoms with Gasteiger partial charge in [0.05, 0.1) is 21.5 Å². The number of aromatic nitrogens is 2. The standard InChI is InChI=1S/C18H15Cl2N3O4S2/c1-2-28(24,25)17-10-9-15(21-22-17)12-5-3-6-13(11-12)23-29(26,27)16-8-4-7-14(19)18(16)20/h3-11,23H,2H2,1H3. The van der Waals surface area contributed by atoms with Crippen LogP contribution in [0.15, 0.2) is 64.5 Å². The van der Waals surface area contributed by atoms with Crippen LogP contribution in [0, 0.1) is 0 Å². The summed E-state index contributed by atoms with van der Waals surface area (Å²) in [6.45, 7) is 1.52. The molecule has 0 fully saturated rings. The fourth-order valence-electron chi connectivity index (χ4n) is 2.43. The van der Waals surface area contributed by atoms with E-state index < -0.39 is 19.9 Å². The minimum Gasteiger partial charge on any atom is -0.280 e. The zero-order chi connectivity index (χ0) is 21.2. The van der Waals surface area contributed by atoms with Crippen LogP contribution >= 0.6 is 23.2 Å². The van der Waals surface area contributed by atoms with Crippen LogP contribution in [0.3, 0.4) is 0 Å². The predicted molar refractivity (Wildman–Crippen MR) is 112 cm³/mol. The summed E-state index contributed by atoms with van der Waals surface area (Å²) in [5.74, 6) is -0.0790. The van der Waals surface area contributed by atoms with Gasteiger partial charge in [0, 0.05) is 11.3 Å². The Labute approximate surface area is 178 Å². The van der Waals surface area contributed by atoms with Crippen molar-refractivity contribution >= 4 is 48.7 Å². The lowest BCUT2D eigenvalue weighted by molar-refractivity contribution is 0.591. The number of sulfone groups is 1. The van der Waals surface area contributed by atoms with E-state index in [1.165, 1.54) is 37.3 Å². The summed E-state index contributed by atoms with van der Waals surface area (Å²) in [6.07, 6.45) is 0. The molecular formula is C18H15Cl2N3O4S2. The first kappa shape index (κ1) is 21.5. The van der Waals surface area contributed by atoms with Crippen molar-refractivity contribution in [3.8, 4) is 11.3 Å². The Morgan fingerprint density at radius 1 is 0.931 bits per heavy atom. The molecule has 29 heavy (non-hydrogen) atoms. The fourth-order valence-corrected chi connectivity index (χ4v) is 4.98. The Morgan fingerprint density at radius 2 is 1.66 bits per heavy atom. The van der Waals surface area contributed by atoms with E-state index in [0.717, 1.165) is 0 Å². The van der Waals surface area contributed by atoms with Gasteiger partial charge in [0.2, 0.25) is 0 Å². The van der Waals surface area contributed by atoms with Crippen molar-refractivity contribution < 1.29 is 16.8 Å². The number of benzene rings is 2. The van der Waals surface area contributed by atoms with E-state index in [1.807, 2.05) is 0 Å². The Balaban J connectivity index is 1.91. The number of nitrogens with zero attached hydrogens (tertiary/aromatic N) is 2.